The van der Waals surface area contributed by atoms with E-state index in [4.69, 9.17) is 9.47 Å². The highest BCUT2D eigenvalue weighted by atomic mass is 16.5. The van der Waals surface area contributed by atoms with Crippen LogP contribution < -0.4 is 10.2 Å². The van der Waals surface area contributed by atoms with E-state index in [9.17, 15) is 19.2 Å². The molecular weight excluding hydrogens is 412 g/mol. The third-order valence-corrected chi connectivity index (χ3v) is 5.00. The van der Waals surface area contributed by atoms with Crippen molar-refractivity contribution in [1.29, 1.82) is 0 Å². The molecule has 1 fully saturated rings. The molecule has 0 aliphatic carbocycles. The standard InChI is InChI=1S/C24H26N2O6/c1-2-31-14-6-13-25-20-15-22(28)26(23(20)29)19-11-9-18(10-12-19)24(30)32-16-21(27)17-7-4-3-5-8-17/h3-5,7-12,20,25H,2,6,13-16H2,1H3. The maximum absolute atomic E-state index is 12.6. The largest absolute Gasteiger partial charge is 0.454 e. The summed E-state index contributed by atoms with van der Waals surface area (Å²) in [5.41, 5.74) is 1.07. The molecule has 1 aliphatic rings. The van der Waals surface area contributed by atoms with Crippen LogP contribution in [0.4, 0.5) is 5.69 Å². The first kappa shape index (κ1) is 23.3. The van der Waals surface area contributed by atoms with Crippen molar-refractivity contribution >= 4 is 29.3 Å². The van der Waals surface area contributed by atoms with E-state index in [1.54, 1.807) is 30.3 Å². The van der Waals surface area contributed by atoms with Crippen LogP contribution in [0.5, 0.6) is 0 Å². The van der Waals surface area contributed by atoms with Crippen LogP contribution in [0.15, 0.2) is 54.6 Å². The van der Waals surface area contributed by atoms with Gasteiger partial charge in [0, 0.05) is 18.8 Å². The molecule has 0 saturated carbocycles. The van der Waals surface area contributed by atoms with E-state index in [-0.39, 0.29) is 36.2 Å². The number of hydrogen-bond acceptors (Lipinski definition) is 7. The van der Waals surface area contributed by atoms with E-state index in [0.717, 1.165) is 11.3 Å². The number of ketones is 1. The number of carbonyl (C=O) groups excluding carboxylic acids is 4. The first-order valence-corrected chi connectivity index (χ1v) is 10.5. The normalized spacial score (nSPS) is 15.8. The Morgan fingerprint density at radius 1 is 1.03 bits per heavy atom. The monoisotopic (exact) mass is 438 g/mol. The number of imide groups is 1. The molecule has 1 heterocycles. The number of rotatable bonds is 11. The highest BCUT2D eigenvalue weighted by molar-refractivity contribution is 6.22. The number of Topliss-reactive ketones (excluding diaryl/α,β-unsaturated/α-hetero) is 1. The summed E-state index contributed by atoms with van der Waals surface area (Å²) in [5.74, 6) is -1.59. The number of anilines is 1. The predicted octanol–water partition coefficient (Wildman–Crippen LogP) is 2.37. The molecule has 0 bridgehead atoms. The summed E-state index contributed by atoms with van der Waals surface area (Å²) in [6.45, 7) is 3.35. The van der Waals surface area contributed by atoms with Gasteiger partial charge in [-0.05, 0) is 44.2 Å². The molecule has 2 aromatic rings. The van der Waals surface area contributed by atoms with Gasteiger partial charge in [-0.2, -0.15) is 0 Å². The zero-order valence-corrected chi connectivity index (χ0v) is 17.9. The van der Waals surface area contributed by atoms with Crippen molar-refractivity contribution in [1.82, 2.24) is 5.32 Å². The lowest BCUT2D eigenvalue weighted by Crippen LogP contribution is -2.39. The molecule has 1 saturated heterocycles. The van der Waals surface area contributed by atoms with Crippen LogP contribution in [0.25, 0.3) is 0 Å². The third kappa shape index (κ3) is 5.87. The Balaban J connectivity index is 1.54. The van der Waals surface area contributed by atoms with Crippen LogP contribution in [0, 0.1) is 0 Å². The molecule has 2 aromatic carbocycles. The Morgan fingerprint density at radius 3 is 2.44 bits per heavy atom. The quantitative estimate of drug-likeness (QED) is 0.249. The van der Waals surface area contributed by atoms with Gasteiger partial charge < -0.3 is 14.8 Å². The van der Waals surface area contributed by atoms with Gasteiger partial charge in [0.2, 0.25) is 5.91 Å². The lowest BCUT2D eigenvalue weighted by Gasteiger charge is -2.16. The molecule has 1 aliphatic heterocycles. The van der Waals surface area contributed by atoms with E-state index in [1.165, 1.54) is 24.3 Å². The average Bonchev–Trinajstić information content (AvgIpc) is 3.10. The summed E-state index contributed by atoms with van der Waals surface area (Å²) < 4.78 is 10.3. The molecule has 168 valence electrons. The van der Waals surface area contributed by atoms with Gasteiger partial charge in [-0.25, -0.2) is 9.69 Å². The van der Waals surface area contributed by atoms with Gasteiger partial charge in [0.05, 0.1) is 23.7 Å². The Morgan fingerprint density at radius 2 is 1.75 bits per heavy atom. The van der Waals surface area contributed by atoms with Crippen LogP contribution in [0.2, 0.25) is 0 Å². The van der Waals surface area contributed by atoms with E-state index in [2.05, 4.69) is 5.32 Å². The van der Waals surface area contributed by atoms with Gasteiger partial charge in [-0.3, -0.25) is 14.4 Å². The summed E-state index contributed by atoms with van der Waals surface area (Å²) in [7, 11) is 0. The van der Waals surface area contributed by atoms with Gasteiger partial charge in [0.15, 0.2) is 12.4 Å². The summed E-state index contributed by atoms with van der Waals surface area (Å²) in [6, 6.07) is 13.9. The number of nitrogens with one attached hydrogen (secondary N) is 1. The number of hydrogen-bond donors (Lipinski definition) is 1. The van der Waals surface area contributed by atoms with Crippen molar-refractivity contribution in [2.24, 2.45) is 0 Å². The van der Waals surface area contributed by atoms with E-state index in [0.29, 0.717) is 31.0 Å². The molecule has 1 N–H and O–H groups in total. The summed E-state index contributed by atoms with van der Waals surface area (Å²) in [4.78, 5) is 50.5. The minimum atomic E-state index is -0.659. The summed E-state index contributed by atoms with van der Waals surface area (Å²) >= 11 is 0. The summed E-state index contributed by atoms with van der Waals surface area (Å²) in [6.07, 6.45) is 0.828. The van der Waals surface area contributed by atoms with Crippen molar-refractivity contribution in [2.45, 2.75) is 25.8 Å². The van der Waals surface area contributed by atoms with Crippen molar-refractivity contribution < 1.29 is 28.7 Å². The maximum atomic E-state index is 12.6. The summed E-state index contributed by atoms with van der Waals surface area (Å²) in [5, 5.41) is 3.09. The number of esters is 1. The lowest BCUT2D eigenvalue weighted by atomic mass is 10.1. The fourth-order valence-corrected chi connectivity index (χ4v) is 3.33. The fraction of sp³-hybridized carbons (Fsp3) is 0.333. The van der Waals surface area contributed by atoms with Crippen molar-refractivity contribution in [2.75, 3.05) is 31.3 Å². The van der Waals surface area contributed by atoms with Gasteiger partial charge in [0.1, 0.15) is 0 Å². The predicted molar refractivity (Wildman–Crippen MR) is 118 cm³/mol. The lowest BCUT2D eigenvalue weighted by molar-refractivity contribution is -0.121. The van der Waals surface area contributed by atoms with Crippen LogP contribution in [-0.2, 0) is 19.1 Å². The second kappa shape index (κ2) is 11.3. The highest BCUT2D eigenvalue weighted by Gasteiger charge is 2.39. The first-order valence-electron chi connectivity index (χ1n) is 10.5. The SMILES string of the molecule is CCOCCCNC1CC(=O)N(c2ccc(C(=O)OCC(=O)c3ccccc3)cc2)C1=O. The van der Waals surface area contributed by atoms with Gasteiger partial charge >= 0.3 is 5.97 Å². The fourth-order valence-electron chi connectivity index (χ4n) is 3.33. The minimum absolute atomic E-state index is 0.0822. The zero-order valence-electron chi connectivity index (χ0n) is 17.9. The number of carbonyl (C=O) groups is 4. The minimum Gasteiger partial charge on any atom is -0.454 e. The molecule has 1 atom stereocenters. The van der Waals surface area contributed by atoms with Gasteiger partial charge in [-0.1, -0.05) is 30.3 Å². The van der Waals surface area contributed by atoms with Crippen molar-refractivity contribution in [3.63, 3.8) is 0 Å². The second-order valence-corrected chi connectivity index (χ2v) is 7.24. The number of amides is 2. The molecule has 2 amide bonds. The van der Waals surface area contributed by atoms with E-state index >= 15 is 0 Å². The first-order chi connectivity index (χ1) is 15.5. The molecule has 32 heavy (non-hydrogen) atoms. The third-order valence-electron chi connectivity index (χ3n) is 5.00. The second-order valence-electron chi connectivity index (χ2n) is 7.24. The highest BCUT2D eigenvalue weighted by Crippen LogP contribution is 2.23. The molecule has 8 nitrogen and oxygen atoms in total. The van der Waals surface area contributed by atoms with Crippen LogP contribution in [-0.4, -0.2) is 56.0 Å². The van der Waals surface area contributed by atoms with Crippen LogP contribution in [0.3, 0.4) is 0 Å². The van der Waals surface area contributed by atoms with Crippen LogP contribution in [0.1, 0.15) is 40.5 Å². The van der Waals surface area contributed by atoms with Crippen LogP contribution >= 0.6 is 0 Å². The molecule has 0 radical (unpaired) electrons. The average molecular weight is 438 g/mol. The Hall–Kier alpha value is -3.36. The molecule has 0 spiro atoms. The van der Waals surface area contributed by atoms with E-state index < -0.39 is 12.0 Å². The smallest absolute Gasteiger partial charge is 0.338 e. The Bertz CT molecular complexity index is 958. The molecule has 0 aromatic heterocycles. The number of nitrogens with zero attached hydrogens (tertiary/aromatic N) is 1. The van der Waals surface area contributed by atoms with Gasteiger partial charge in [0.25, 0.3) is 5.91 Å². The molecule has 1 unspecified atom stereocenters. The molecule has 8 heteroatoms. The van der Waals surface area contributed by atoms with Gasteiger partial charge in [-0.15, -0.1) is 0 Å². The van der Waals surface area contributed by atoms with E-state index in [1.807, 2.05) is 6.92 Å². The number of ether oxygens (including phenoxy) is 2. The zero-order chi connectivity index (χ0) is 22.9. The topological polar surface area (TPSA) is 102 Å². The maximum Gasteiger partial charge on any atom is 0.338 e. The molecule has 3 rings (SSSR count). The van der Waals surface area contributed by atoms with Crippen molar-refractivity contribution in [3.05, 3.63) is 65.7 Å². The number of benzene rings is 2. The molecular formula is C24H26N2O6. The Labute approximate surface area is 186 Å². The Kier molecular flexibility index (Phi) is 8.24. The van der Waals surface area contributed by atoms with Crippen molar-refractivity contribution in [3.8, 4) is 0 Å².